The first-order valence-electron chi connectivity index (χ1n) is 9.12. The number of aromatic amines is 1. The molecular formula is C19H23N3O6. The van der Waals surface area contributed by atoms with E-state index in [-0.39, 0.29) is 28.9 Å². The molecule has 3 unspecified atom stereocenters. The van der Waals surface area contributed by atoms with Crippen LogP contribution in [-0.4, -0.2) is 58.0 Å². The predicted molar refractivity (Wildman–Crippen MR) is 101 cm³/mol. The lowest BCUT2D eigenvalue weighted by Crippen LogP contribution is -2.51. The van der Waals surface area contributed by atoms with Gasteiger partial charge in [-0.3, -0.25) is 24.3 Å². The number of nitrogens with one attached hydrogen (secondary N) is 1. The molecule has 3 atom stereocenters. The fourth-order valence-corrected chi connectivity index (χ4v) is 3.39. The number of esters is 1. The quantitative estimate of drug-likeness (QED) is 0.751. The normalized spacial score (nSPS) is 20.8. The summed E-state index contributed by atoms with van der Waals surface area (Å²) in [6, 6.07) is 6.33. The molecule has 1 amide bonds. The largest absolute Gasteiger partial charge is 0.451 e. The molecule has 9 heteroatoms. The number of hydrogen-bond donors (Lipinski definition) is 1. The van der Waals surface area contributed by atoms with Crippen LogP contribution < -0.4 is 11.1 Å². The van der Waals surface area contributed by atoms with Crippen LogP contribution in [0.25, 0.3) is 10.8 Å². The van der Waals surface area contributed by atoms with Gasteiger partial charge in [0.25, 0.3) is 17.0 Å². The molecule has 1 fully saturated rings. The molecule has 150 valence electrons. The number of fused-ring (bicyclic) bond motifs is 1. The second-order valence-corrected chi connectivity index (χ2v) is 7.01. The smallest absolute Gasteiger partial charge is 0.328 e. The van der Waals surface area contributed by atoms with Gasteiger partial charge in [0, 0.05) is 13.1 Å². The van der Waals surface area contributed by atoms with E-state index in [0.717, 1.165) is 4.68 Å². The van der Waals surface area contributed by atoms with Crippen molar-refractivity contribution in [3.63, 3.8) is 0 Å². The average molecular weight is 389 g/mol. The second-order valence-electron chi connectivity index (χ2n) is 7.01. The molecule has 9 nitrogen and oxygen atoms in total. The minimum atomic E-state index is -1.01. The Morgan fingerprint density at radius 2 is 1.79 bits per heavy atom. The fraction of sp³-hybridized carbons (Fsp3) is 0.474. The molecular weight excluding hydrogens is 366 g/mol. The van der Waals surface area contributed by atoms with E-state index in [9.17, 15) is 19.2 Å². The zero-order valence-corrected chi connectivity index (χ0v) is 16.0. The van der Waals surface area contributed by atoms with Crippen molar-refractivity contribution in [1.29, 1.82) is 0 Å². The third kappa shape index (κ3) is 4.14. The van der Waals surface area contributed by atoms with Crippen molar-refractivity contribution in [1.82, 2.24) is 14.7 Å². The Morgan fingerprint density at radius 3 is 2.43 bits per heavy atom. The molecule has 1 aliphatic heterocycles. The summed E-state index contributed by atoms with van der Waals surface area (Å²) in [5.41, 5.74) is -0.995. The first-order chi connectivity index (χ1) is 13.3. The van der Waals surface area contributed by atoms with E-state index in [1.165, 1.54) is 19.1 Å². The van der Waals surface area contributed by atoms with Gasteiger partial charge in [0.1, 0.15) is 6.54 Å². The zero-order valence-electron chi connectivity index (χ0n) is 16.0. The molecule has 0 saturated carbocycles. The number of amides is 1. The molecule has 28 heavy (non-hydrogen) atoms. The maximum atomic E-state index is 12.5. The Kier molecular flexibility index (Phi) is 5.64. The highest BCUT2D eigenvalue weighted by atomic mass is 16.5. The van der Waals surface area contributed by atoms with Crippen molar-refractivity contribution < 1.29 is 19.1 Å². The summed E-state index contributed by atoms with van der Waals surface area (Å²) in [5.74, 6) is -1.11. The molecule has 1 N–H and O–H groups in total. The molecule has 0 aliphatic carbocycles. The van der Waals surface area contributed by atoms with E-state index in [2.05, 4.69) is 5.10 Å². The van der Waals surface area contributed by atoms with Crippen molar-refractivity contribution in [3.05, 3.63) is 45.0 Å². The molecule has 1 saturated heterocycles. The Balaban J connectivity index is 1.69. The number of hydrogen-bond acceptors (Lipinski definition) is 6. The van der Waals surface area contributed by atoms with Crippen LogP contribution in [0.5, 0.6) is 0 Å². The summed E-state index contributed by atoms with van der Waals surface area (Å²) in [5, 5.41) is 2.82. The van der Waals surface area contributed by atoms with Crippen molar-refractivity contribution in [2.24, 2.45) is 0 Å². The number of carbonyl (C=O) groups excluding carboxylic acids is 2. The van der Waals surface area contributed by atoms with Crippen LogP contribution >= 0.6 is 0 Å². The molecule has 2 aromatic rings. The standard InChI is InChI=1S/C19H23N3O6/c1-11-8-21(9-12(2)27-11)18(25)13(3)28-16(23)10-22-19(26)15-7-5-4-6-14(15)17(24)20-22/h4-7,11-13H,8-10H2,1-3H3,(H,20,24). The van der Waals surface area contributed by atoms with Gasteiger partial charge in [0.15, 0.2) is 6.10 Å². The van der Waals surface area contributed by atoms with Crippen molar-refractivity contribution in [2.75, 3.05) is 13.1 Å². The summed E-state index contributed by atoms with van der Waals surface area (Å²) in [6.07, 6.45) is -1.21. The summed E-state index contributed by atoms with van der Waals surface area (Å²) in [6.45, 7) is 5.57. The van der Waals surface area contributed by atoms with Gasteiger partial charge >= 0.3 is 5.97 Å². The maximum absolute atomic E-state index is 12.5. The highest BCUT2D eigenvalue weighted by molar-refractivity contribution is 5.84. The number of rotatable bonds is 4. The summed E-state index contributed by atoms with van der Waals surface area (Å²) in [7, 11) is 0. The van der Waals surface area contributed by atoms with Crippen LogP contribution in [0, 0.1) is 0 Å². The van der Waals surface area contributed by atoms with Gasteiger partial charge in [-0.15, -0.1) is 0 Å². The number of benzene rings is 1. The van der Waals surface area contributed by atoms with Gasteiger partial charge in [-0.05, 0) is 32.9 Å². The molecule has 1 aromatic heterocycles. The van der Waals surface area contributed by atoms with Crippen molar-refractivity contribution in [2.45, 2.75) is 45.6 Å². The van der Waals surface area contributed by atoms with Crippen LogP contribution in [0.15, 0.2) is 33.9 Å². The van der Waals surface area contributed by atoms with Crippen LogP contribution in [-0.2, 0) is 25.6 Å². The van der Waals surface area contributed by atoms with Gasteiger partial charge in [0.05, 0.1) is 23.0 Å². The number of morpholine rings is 1. The van der Waals surface area contributed by atoms with Crippen LogP contribution in [0.3, 0.4) is 0 Å². The number of aromatic nitrogens is 2. The van der Waals surface area contributed by atoms with Crippen molar-refractivity contribution in [3.8, 4) is 0 Å². The lowest BCUT2D eigenvalue weighted by molar-refractivity contribution is -0.165. The molecule has 0 bridgehead atoms. The monoisotopic (exact) mass is 389 g/mol. The molecule has 1 aliphatic rings. The number of nitrogens with zero attached hydrogens (tertiary/aromatic N) is 2. The van der Waals surface area contributed by atoms with E-state index < -0.39 is 29.7 Å². The highest BCUT2D eigenvalue weighted by Gasteiger charge is 2.30. The molecule has 1 aromatic carbocycles. The first-order valence-corrected chi connectivity index (χ1v) is 9.12. The highest BCUT2D eigenvalue weighted by Crippen LogP contribution is 2.13. The number of carbonyl (C=O) groups is 2. The van der Waals surface area contributed by atoms with Crippen molar-refractivity contribution >= 4 is 22.6 Å². The van der Waals surface area contributed by atoms with E-state index in [1.807, 2.05) is 13.8 Å². The van der Waals surface area contributed by atoms with Gasteiger partial charge < -0.3 is 14.4 Å². The van der Waals surface area contributed by atoms with Gasteiger partial charge in [0.2, 0.25) is 0 Å². The Labute approximate surface area is 160 Å². The third-order valence-electron chi connectivity index (χ3n) is 4.56. The second kappa shape index (κ2) is 7.97. The fourth-order valence-electron chi connectivity index (χ4n) is 3.39. The van der Waals surface area contributed by atoms with E-state index in [0.29, 0.717) is 13.1 Å². The lowest BCUT2D eigenvalue weighted by atomic mass is 10.2. The van der Waals surface area contributed by atoms with Crippen LogP contribution in [0.2, 0.25) is 0 Å². The molecule has 0 spiro atoms. The van der Waals surface area contributed by atoms with Gasteiger partial charge in [-0.25, -0.2) is 4.68 Å². The van der Waals surface area contributed by atoms with Gasteiger partial charge in [-0.2, -0.15) is 0 Å². The zero-order chi connectivity index (χ0) is 20.4. The van der Waals surface area contributed by atoms with E-state index in [1.54, 1.807) is 17.0 Å². The topological polar surface area (TPSA) is 111 Å². The lowest BCUT2D eigenvalue weighted by Gasteiger charge is -2.36. The van der Waals surface area contributed by atoms with Gasteiger partial charge in [-0.1, -0.05) is 12.1 Å². The molecule has 0 radical (unpaired) electrons. The van der Waals surface area contributed by atoms with E-state index >= 15 is 0 Å². The summed E-state index contributed by atoms with van der Waals surface area (Å²) < 4.78 is 11.7. The predicted octanol–water partition coefficient (Wildman–Crippen LogP) is 0.257. The minimum absolute atomic E-state index is 0.100. The van der Waals surface area contributed by atoms with Crippen LogP contribution in [0.1, 0.15) is 20.8 Å². The SMILES string of the molecule is CC1CN(C(=O)C(C)OC(=O)Cn2[nH]c(=O)c3ccccc3c2=O)CC(C)O1. The summed E-state index contributed by atoms with van der Waals surface area (Å²) in [4.78, 5) is 50.9. The Hall–Kier alpha value is -2.94. The average Bonchev–Trinajstić information content (AvgIpc) is 2.64. The minimum Gasteiger partial charge on any atom is -0.451 e. The Morgan fingerprint density at radius 1 is 1.18 bits per heavy atom. The van der Waals surface area contributed by atoms with Crippen LogP contribution in [0.4, 0.5) is 0 Å². The molecule has 3 rings (SSSR count). The third-order valence-corrected chi connectivity index (χ3v) is 4.56. The first kappa shape index (κ1) is 19.8. The molecule has 2 heterocycles. The number of H-pyrrole nitrogens is 1. The van der Waals surface area contributed by atoms with E-state index in [4.69, 9.17) is 9.47 Å². The summed E-state index contributed by atoms with van der Waals surface area (Å²) >= 11 is 0. The Bertz CT molecular complexity index is 1000. The number of ether oxygens (including phenoxy) is 2. The maximum Gasteiger partial charge on any atom is 0.328 e.